The summed E-state index contributed by atoms with van der Waals surface area (Å²) < 4.78 is 11.2. The highest BCUT2D eigenvalue weighted by molar-refractivity contribution is 5.92. The van der Waals surface area contributed by atoms with Crippen molar-refractivity contribution in [1.82, 2.24) is 0 Å². The van der Waals surface area contributed by atoms with E-state index in [-0.39, 0.29) is 22.8 Å². The summed E-state index contributed by atoms with van der Waals surface area (Å²) in [4.78, 5) is 26.9. The van der Waals surface area contributed by atoms with Crippen LogP contribution in [0.4, 0.5) is 0 Å². The normalized spacial score (nSPS) is 38.8. The zero-order chi connectivity index (χ0) is 18.9. The molecule has 0 saturated heterocycles. The Bertz CT molecular complexity index is 520. The van der Waals surface area contributed by atoms with Crippen molar-refractivity contribution in [2.75, 3.05) is 13.2 Å². The molecule has 0 spiro atoms. The SMILES string of the molecule is CCOC(=O)C1(CC)C(CC)(C(=O)OCC)[C@]2(CC)C=C[C@]1(CC)C2. The minimum atomic E-state index is -0.865. The third kappa shape index (κ3) is 2.06. The van der Waals surface area contributed by atoms with Crippen LogP contribution in [0.25, 0.3) is 0 Å². The van der Waals surface area contributed by atoms with Gasteiger partial charge in [-0.25, -0.2) is 0 Å². The van der Waals surface area contributed by atoms with Gasteiger partial charge in [0, 0.05) is 10.8 Å². The van der Waals surface area contributed by atoms with E-state index in [1.807, 2.05) is 27.7 Å². The first-order valence-electron chi connectivity index (χ1n) is 9.92. The van der Waals surface area contributed by atoms with Crippen LogP contribution < -0.4 is 0 Å². The molecule has 0 radical (unpaired) electrons. The largest absolute Gasteiger partial charge is 0.466 e. The van der Waals surface area contributed by atoms with E-state index in [0.29, 0.717) is 26.1 Å². The van der Waals surface area contributed by atoms with Crippen molar-refractivity contribution in [3.63, 3.8) is 0 Å². The van der Waals surface area contributed by atoms with Gasteiger partial charge in [0.25, 0.3) is 0 Å². The van der Waals surface area contributed by atoms with Gasteiger partial charge in [-0.2, -0.15) is 0 Å². The van der Waals surface area contributed by atoms with Crippen LogP contribution >= 0.6 is 0 Å². The average Bonchev–Trinajstić information content (AvgIpc) is 3.11. The second-order valence-corrected chi connectivity index (χ2v) is 7.49. The Morgan fingerprint density at radius 3 is 1.32 bits per heavy atom. The fourth-order valence-corrected chi connectivity index (χ4v) is 6.39. The van der Waals surface area contributed by atoms with Gasteiger partial charge in [-0.15, -0.1) is 0 Å². The van der Waals surface area contributed by atoms with Gasteiger partial charge >= 0.3 is 11.9 Å². The smallest absolute Gasteiger partial charge is 0.314 e. The van der Waals surface area contributed by atoms with Crippen LogP contribution in [0.1, 0.15) is 73.6 Å². The highest BCUT2D eigenvalue weighted by Gasteiger charge is 2.82. The number of rotatable bonds is 8. The number of carbonyl (C=O) groups excluding carboxylic acids is 2. The molecule has 4 heteroatoms. The monoisotopic (exact) mass is 350 g/mol. The Kier molecular flexibility index (Phi) is 5.42. The number of fused-ring (bicyclic) bond motifs is 2. The molecule has 2 aliphatic rings. The van der Waals surface area contributed by atoms with Gasteiger partial charge in [-0.3, -0.25) is 9.59 Å². The van der Waals surface area contributed by atoms with E-state index in [0.717, 1.165) is 19.3 Å². The quantitative estimate of drug-likeness (QED) is 0.471. The van der Waals surface area contributed by atoms with Gasteiger partial charge in [0.2, 0.25) is 0 Å². The van der Waals surface area contributed by atoms with Crippen LogP contribution in [0.2, 0.25) is 0 Å². The van der Waals surface area contributed by atoms with E-state index >= 15 is 0 Å². The lowest BCUT2D eigenvalue weighted by molar-refractivity contribution is -0.195. The van der Waals surface area contributed by atoms with Crippen molar-refractivity contribution >= 4 is 11.9 Å². The molecule has 2 unspecified atom stereocenters. The van der Waals surface area contributed by atoms with Gasteiger partial charge in [0.05, 0.1) is 24.0 Å². The van der Waals surface area contributed by atoms with E-state index in [2.05, 4.69) is 26.0 Å². The van der Waals surface area contributed by atoms with E-state index in [1.54, 1.807) is 0 Å². The van der Waals surface area contributed by atoms with E-state index in [4.69, 9.17) is 9.47 Å². The summed E-state index contributed by atoms with van der Waals surface area (Å²) in [7, 11) is 0. The van der Waals surface area contributed by atoms with Crippen molar-refractivity contribution in [2.24, 2.45) is 21.7 Å². The van der Waals surface area contributed by atoms with E-state index in [1.165, 1.54) is 0 Å². The van der Waals surface area contributed by atoms with Crippen molar-refractivity contribution in [1.29, 1.82) is 0 Å². The molecule has 1 fully saturated rings. The molecule has 0 aromatic carbocycles. The summed E-state index contributed by atoms with van der Waals surface area (Å²) >= 11 is 0. The first kappa shape index (κ1) is 20.0. The van der Waals surface area contributed by atoms with Crippen LogP contribution in [-0.2, 0) is 19.1 Å². The van der Waals surface area contributed by atoms with Crippen molar-refractivity contribution < 1.29 is 19.1 Å². The van der Waals surface area contributed by atoms with Crippen LogP contribution in [0.3, 0.4) is 0 Å². The topological polar surface area (TPSA) is 52.6 Å². The zero-order valence-corrected chi connectivity index (χ0v) is 16.7. The predicted molar refractivity (Wildman–Crippen MR) is 97.9 cm³/mol. The lowest BCUT2D eigenvalue weighted by Crippen LogP contribution is -2.61. The van der Waals surface area contributed by atoms with Gasteiger partial charge < -0.3 is 9.47 Å². The Morgan fingerprint density at radius 2 is 1.08 bits per heavy atom. The number of hydrogen-bond donors (Lipinski definition) is 0. The summed E-state index contributed by atoms with van der Waals surface area (Å²) in [5, 5.41) is 0. The first-order valence-corrected chi connectivity index (χ1v) is 9.92. The van der Waals surface area contributed by atoms with Crippen LogP contribution in [0.15, 0.2) is 12.2 Å². The summed E-state index contributed by atoms with van der Waals surface area (Å²) in [6.07, 6.45) is 8.05. The molecule has 0 aromatic heterocycles. The third-order valence-corrected chi connectivity index (χ3v) is 7.35. The molecular formula is C21H34O4. The molecule has 4 atom stereocenters. The van der Waals surface area contributed by atoms with Crippen LogP contribution in [0, 0.1) is 21.7 Å². The fourth-order valence-electron chi connectivity index (χ4n) is 6.39. The predicted octanol–water partition coefficient (Wildman–Crippen LogP) is 4.67. The Hall–Kier alpha value is -1.32. The molecule has 4 nitrogen and oxygen atoms in total. The summed E-state index contributed by atoms with van der Waals surface area (Å²) in [5.74, 6) is -0.456. The Morgan fingerprint density at radius 1 is 0.720 bits per heavy atom. The van der Waals surface area contributed by atoms with Gasteiger partial charge in [0.1, 0.15) is 0 Å². The molecule has 0 heterocycles. The first-order chi connectivity index (χ1) is 11.9. The molecule has 0 N–H and O–H groups in total. The maximum absolute atomic E-state index is 13.4. The maximum Gasteiger partial charge on any atom is 0.314 e. The second-order valence-electron chi connectivity index (χ2n) is 7.49. The number of ether oxygens (including phenoxy) is 2. The minimum absolute atomic E-state index is 0.228. The molecule has 0 aromatic rings. The Balaban J connectivity index is 2.84. The highest BCUT2D eigenvalue weighted by Crippen LogP contribution is 2.80. The fraction of sp³-hybridized carbons (Fsp3) is 0.810. The standard InChI is InChI=1S/C21H34O4/c1-7-18-13-14-19(8-2,15-18)21(10-4,17(23)25-12-6)20(18,9-3)16(22)24-11-5/h13-14H,7-12,15H2,1-6H3/t18-,19-,20?,21?/m1/s1. The van der Waals surface area contributed by atoms with Gasteiger partial charge in [0.15, 0.2) is 0 Å². The van der Waals surface area contributed by atoms with Crippen molar-refractivity contribution in [3.05, 3.63) is 12.2 Å². The molecule has 0 amide bonds. The molecule has 2 aliphatic carbocycles. The maximum atomic E-state index is 13.4. The van der Waals surface area contributed by atoms with Crippen molar-refractivity contribution in [3.8, 4) is 0 Å². The summed E-state index contributed by atoms with van der Waals surface area (Å²) in [6, 6.07) is 0. The molecule has 25 heavy (non-hydrogen) atoms. The van der Waals surface area contributed by atoms with Crippen LogP contribution in [-0.4, -0.2) is 25.2 Å². The van der Waals surface area contributed by atoms with Crippen molar-refractivity contribution in [2.45, 2.75) is 73.6 Å². The summed E-state index contributed by atoms with van der Waals surface area (Å²) in [5.41, 5.74) is -2.41. The number of allylic oxidation sites excluding steroid dienone is 2. The number of hydrogen-bond acceptors (Lipinski definition) is 4. The lowest BCUT2D eigenvalue weighted by Gasteiger charge is -2.54. The zero-order valence-electron chi connectivity index (χ0n) is 16.7. The van der Waals surface area contributed by atoms with Crippen LogP contribution in [0.5, 0.6) is 0 Å². The van der Waals surface area contributed by atoms with E-state index < -0.39 is 10.8 Å². The molecule has 0 aliphatic heterocycles. The third-order valence-electron chi connectivity index (χ3n) is 7.35. The lowest BCUT2D eigenvalue weighted by atomic mass is 9.47. The summed E-state index contributed by atoms with van der Waals surface area (Å²) in [6.45, 7) is 12.6. The Labute approximate surface area is 152 Å². The molecule has 142 valence electrons. The second kappa shape index (κ2) is 6.77. The van der Waals surface area contributed by atoms with Gasteiger partial charge in [-0.05, 0) is 46.0 Å². The molecular weight excluding hydrogens is 316 g/mol. The molecule has 2 bridgehead atoms. The van der Waals surface area contributed by atoms with Gasteiger partial charge in [-0.1, -0.05) is 39.8 Å². The molecule has 1 saturated carbocycles. The average molecular weight is 350 g/mol. The van der Waals surface area contributed by atoms with E-state index in [9.17, 15) is 9.59 Å². The molecule has 2 rings (SSSR count). The number of esters is 2. The minimum Gasteiger partial charge on any atom is -0.466 e. The number of carbonyl (C=O) groups is 2. The highest BCUT2D eigenvalue weighted by atomic mass is 16.5.